The van der Waals surface area contributed by atoms with Gasteiger partial charge in [0.25, 0.3) is 0 Å². The number of unbranched alkanes of at least 4 members (excludes halogenated alkanes) is 1. The minimum atomic E-state index is -0.334. The predicted molar refractivity (Wildman–Crippen MR) is 92.5 cm³/mol. The molecule has 2 rings (SSSR count). The van der Waals surface area contributed by atoms with E-state index < -0.39 is 0 Å². The molecule has 2 aromatic rings. The number of anilines is 1. The Labute approximate surface area is 141 Å². The SMILES string of the molecule is COC(=O)c1ccccc1NCCCCOc1ccc(Cl)cc1. The lowest BCUT2D eigenvalue weighted by Crippen LogP contribution is -2.10. The Morgan fingerprint density at radius 2 is 1.83 bits per heavy atom. The summed E-state index contributed by atoms with van der Waals surface area (Å²) in [7, 11) is 1.38. The second-order valence-corrected chi connectivity index (χ2v) is 5.41. The lowest BCUT2D eigenvalue weighted by atomic mass is 10.1. The van der Waals surface area contributed by atoms with E-state index in [1.165, 1.54) is 7.11 Å². The number of carbonyl (C=O) groups is 1. The first-order valence-corrected chi connectivity index (χ1v) is 7.88. The molecule has 0 heterocycles. The highest BCUT2D eigenvalue weighted by Gasteiger charge is 2.09. The highest BCUT2D eigenvalue weighted by molar-refractivity contribution is 6.30. The third-order valence-corrected chi connectivity index (χ3v) is 3.55. The molecule has 1 N–H and O–H groups in total. The van der Waals surface area contributed by atoms with Crippen molar-refractivity contribution >= 4 is 23.3 Å². The molecular formula is C18H20ClNO3. The van der Waals surface area contributed by atoms with Gasteiger partial charge < -0.3 is 14.8 Å². The lowest BCUT2D eigenvalue weighted by Gasteiger charge is -2.11. The first kappa shape index (κ1) is 17.2. The molecule has 0 saturated carbocycles. The van der Waals surface area contributed by atoms with E-state index in [1.807, 2.05) is 42.5 Å². The van der Waals surface area contributed by atoms with Crippen molar-refractivity contribution < 1.29 is 14.3 Å². The van der Waals surface area contributed by atoms with Crippen LogP contribution < -0.4 is 10.1 Å². The second-order valence-electron chi connectivity index (χ2n) is 4.97. The third kappa shape index (κ3) is 5.49. The van der Waals surface area contributed by atoms with Gasteiger partial charge in [0.2, 0.25) is 0 Å². The highest BCUT2D eigenvalue weighted by Crippen LogP contribution is 2.17. The Hall–Kier alpha value is -2.20. The molecule has 2 aromatic carbocycles. The second kappa shape index (κ2) is 9.06. The van der Waals surface area contributed by atoms with Crippen molar-refractivity contribution in [3.05, 3.63) is 59.1 Å². The monoisotopic (exact) mass is 333 g/mol. The van der Waals surface area contributed by atoms with E-state index in [4.69, 9.17) is 21.1 Å². The van der Waals surface area contributed by atoms with Crippen LogP contribution in [-0.4, -0.2) is 26.2 Å². The van der Waals surface area contributed by atoms with Gasteiger partial charge in [-0.2, -0.15) is 0 Å². The van der Waals surface area contributed by atoms with Crippen LogP contribution in [0, 0.1) is 0 Å². The minimum Gasteiger partial charge on any atom is -0.494 e. The molecule has 0 amide bonds. The van der Waals surface area contributed by atoms with E-state index in [0.29, 0.717) is 17.2 Å². The van der Waals surface area contributed by atoms with Crippen molar-refractivity contribution in [1.82, 2.24) is 0 Å². The van der Waals surface area contributed by atoms with Gasteiger partial charge in [-0.3, -0.25) is 0 Å². The first-order chi connectivity index (χ1) is 11.2. The summed E-state index contributed by atoms with van der Waals surface area (Å²) < 4.78 is 10.4. The molecule has 0 aliphatic rings. The molecule has 122 valence electrons. The smallest absolute Gasteiger partial charge is 0.339 e. The molecule has 0 spiro atoms. The zero-order valence-corrected chi connectivity index (χ0v) is 13.8. The number of nitrogens with one attached hydrogen (secondary N) is 1. The van der Waals surface area contributed by atoms with E-state index in [-0.39, 0.29) is 5.97 Å². The van der Waals surface area contributed by atoms with Crippen LogP contribution >= 0.6 is 11.6 Å². The number of methoxy groups -OCH3 is 1. The van der Waals surface area contributed by atoms with Crippen LogP contribution in [-0.2, 0) is 4.74 Å². The van der Waals surface area contributed by atoms with Crippen molar-refractivity contribution in [1.29, 1.82) is 0 Å². The summed E-state index contributed by atoms with van der Waals surface area (Å²) in [6.07, 6.45) is 1.85. The average Bonchev–Trinajstić information content (AvgIpc) is 2.59. The van der Waals surface area contributed by atoms with Crippen LogP contribution in [0.4, 0.5) is 5.69 Å². The van der Waals surface area contributed by atoms with Gasteiger partial charge in [0.05, 0.1) is 19.3 Å². The molecule has 0 bridgehead atoms. The van der Waals surface area contributed by atoms with E-state index in [1.54, 1.807) is 6.07 Å². The van der Waals surface area contributed by atoms with E-state index in [0.717, 1.165) is 30.8 Å². The average molecular weight is 334 g/mol. The molecule has 0 aliphatic heterocycles. The van der Waals surface area contributed by atoms with E-state index >= 15 is 0 Å². The van der Waals surface area contributed by atoms with Crippen molar-refractivity contribution in [2.45, 2.75) is 12.8 Å². The summed E-state index contributed by atoms with van der Waals surface area (Å²) in [6, 6.07) is 14.6. The maximum absolute atomic E-state index is 11.7. The van der Waals surface area contributed by atoms with E-state index in [2.05, 4.69) is 5.32 Å². The van der Waals surface area contributed by atoms with E-state index in [9.17, 15) is 4.79 Å². The molecule has 0 aliphatic carbocycles. The molecule has 5 heteroatoms. The van der Waals surface area contributed by atoms with Gasteiger partial charge in [0.1, 0.15) is 5.75 Å². The maximum Gasteiger partial charge on any atom is 0.339 e. The van der Waals surface area contributed by atoms with Crippen LogP contribution in [0.5, 0.6) is 5.75 Å². The molecule has 0 aromatic heterocycles. The van der Waals surface area contributed by atoms with Crippen LogP contribution in [0.3, 0.4) is 0 Å². The quantitative estimate of drug-likeness (QED) is 0.574. The number of hydrogen-bond acceptors (Lipinski definition) is 4. The fraction of sp³-hybridized carbons (Fsp3) is 0.278. The molecule has 0 radical (unpaired) electrons. The summed E-state index contributed by atoms with van der Waals surface area (Å²) in [5.74, 6) is 0.484. The summed E-state index contributed by atoms with van der Waals surface area (Å²) in [6.45, 7) is 1.40. The van der Waals surface area contributed by atoms with Gasteiger partial charge in [0, 0.05) is 17.3 Å². The van der Waals surface area contributed by atoms with Gasteiger partial charge in [-0.05, 0) is 49.2 Å². The van der Waals surface area contributed by atoms with Gasteiger partial charge in [-0.1, -0.05) is 23.7 Å². The molecule has 0 unspecified atom stereocenters. The number of esters is 1. The van der Waals surface area contributed by atoms with Crippen LogP contribution in [0.25, 0.3) is 0 Å². The normalized spacial score (nSPS) is 10.2. The summed E-state index contributed by atoms with van der Waals surface area (Å²) >= 11 is 5.82. The standard InChI is InChI=1S/C18H20ClNO3/c1-22-18(21)16-6-2-3-7-17(16)20-12-4-5-13-23-15-10-8-14(19)9-11-15/h2-3,6-11,20H,4-5,12-13H2,1H3. The Morgan fingerprint density at radius 3 is 2.57 bits per heavy atom. The third-order valence-electron chi connectivity index (χ3n) is 3.30. The van der Waals surface area contributed by atoms with Gasteiger partial charge in [0.15, 0.2) is 0 Å². The minimum absolute atomic E-state index is 0.334. The number of ether oxygens (including phenoxy) is 2. The Morgan fingerprint density at radius 1 is 1.09 bits per heavy atom. The zero-order chi connectivity index (χ0) is 16.5. The maximum atomic E-state index is 11.7. The number of rotatable bonds is 8. The fourth-order valence-corrected chi connectivity index (χ4v) is 2.22. The molecule has 4 nitrogen and oxygen atoms in total. The molecular weight excluding hydrogens is 314 g/mol. The van der Waals surface area contributed by atoms with Crippen molar-refractivity contribution in [3.63, 3.8) is 0 Å². The summed E-state index contributed by atoms with van der Waals surface area (Å²) in [5, 5.41) is 3.96. The molecule has 23 heavy (non-hydrogen) atoms. The number of hydrogen-bond donors (Lipinski definition) is 1. The summed E-state index contributed by atoms with van der Waals surface area (Å²) in [5.41, 5.74) is 1.34. The number of benzene rings is 2. The van der Waals surface area contributed by atoms with Gasteiger partial charge in [-0.15, -0.1) is 0 Å². The molecule has 0 atom stereocenters. The Kier molecular flexibility index (Phi) is 6.76. The summed E-state index contributed by atoms with van der Waals surface area (Å²) in [4.78, 5) is 11.7. The number of halogens is 1. The van der Waals surface area contributed by atoms with Crippen LogP contribution in [0.1, 0.15) is 23.2 Å². The van der Waals surface area contributed by atoms with Crippen LogP contribution in [0.2, 0.25) is 5.02 Å². The van der Waals surface area contributed by atoms with Gasteiger partial charge in [-0.25, -0.2) is 4.79 Å². The fourth-order valence-electron chi connectivity index (χ4n) is 2.10. The zero-order valence-electron chi connectivity index (χ0n) is 13.0. The van der Waals surface area contributed by atoms with Crippen LogP contribution in [0.15, 0.2) is 48.5 Å². The van der Waals surface area contributed by atoms with Crippen molar-refractivity contribution in [2.24, 2.45) is 0 Å². The Balaban J connectivity index is 1.70. The largest absolute Gasteiger partial charge is 0.494 e. The highest BCUT2D eigenvalue weighted by atomic mass is 35.5. The number of carbonyl (C=O) groups excluding carboxylic acids is 1. The number of para-hydroxylation sites is 1. The molecule has 0 fully saturated rings. The van der Waals surface area contributed by atoms with Crippen molar-refractivity contribution in [3.8, 4) is 5.75 Å². The van der Waals surface area contributed by atoms with Gasteiger partial charge >= 0.3 is 5.97 Å². The van der Waals surface area contributed by atoms with Crippen molar-refractivity contribution in [2.75, 3.05) is 25.6 Å². The first-order valence-electron chi connectivity index (χ1n) is 7.50. The Bertz CT molecular complexity index is 628. The topological polar surface area (TPSA) is 47.6 Å². The predicted octanol–water partition coefficient (Wildman–Crippen LogP) is 4.40. The lowest BCUT2D eigenvalue weighted by molar-refractivity contribution is 0.0602. The molecule has 0 saturated heterocycles.